The third-order valence-corrected chi connectivity index (χ3v) is 2.99. The molecule has 0 saturated carbocycles. The molecule has 1 aromatic carbocycles. The van der Waals surface area contributed by atoms with E-state index in [1.165, 1.54) is 11.1 Å². The van der Waals surface area contributed by atoms with Crippen molar-refractivity contribution in [2.45, 2.75) is 15.5 Å². The van der Waals surface area contributed by atoms with Gasteiger partial charge in [0.15, 0.2) is 2.14 Å². The Hall–Kier alpha value is 0.660. The summed E-state index contributed by atoms with van der Waals surface area (Å²) in [4.78, 5) is 0. The van der Waals surface area contributed by atoms with Gasteiger partial charge in [-0.1, -0.05) is 79.0 Å². The maximum absolute atomic E-state index is 3.51. The lowest BCUT2D eigenvalue weighted by atomic mass is 10.1. The van der Waals surface area contributed by atoms with Gasteiger partial charge in [0, 0.05) is 0 Å². The first-order chi connectivity index (χ1) is 5.55. The van der Waals surface area contributed by atoms with Crippen LogP contribution in [0.15, 0.2) is 24.3 Å². The van der Waals surface area contributed by atoms with Crippen molar-refractivity contribution in [3.63, 3.8) is 0 Å². The fourth-order valence-electron chi connectivity index (χ4n) is 1.11. The molecule has 12 heavy (non-hydrogen) atoms. The maximum atomic E-state index is 3.51. The van der Waals surface area contributed by atoms with Crippen LogP contribution in [-0.4, -0.2) is 0 Å². The first kappa shape index (κ1) is 10.7. The number of hydrogen-bond acceptors (Lipinski definition) is 0. The van der Waals surface area contributed by atoms with Crippen LogP contribution in [0.2, 0.25) is 0 Å². The van der Waals surface area contributed by atoms with Gasteiger partial charge in [-0.25, -0.2) is 0 Å². The van der Waals surface area contributed by atoms with Crippen molar-refractivity contribution in [2.75, 3.05) is 0 Å². The maximum Gasteiger partial charge on any atom is 0.160 e. The lowest BCUT2D eigenvalue weighted by molar-refractivity contribution is 1.09. The summed E-state index contributed by atoms with van der Waals surface area (Å²) in [5.74, 6) is 0. The van der Waals surface area contributed by atoms with Crippen molar-refractivity contribution in [1.82, 2.24) is 0 Å². The highest BCUT2D eigenvalue weighted by Gasteiger charge is 2.22. The molecule has 0 atom stereocenters. The molecule has 0 aliphatic carbocycles. The van der Waals surface area contributed by atoms with Gasteiger partial charge in [-0.2, -0.15) is 0 Å². The van der Waals surface area contributed by atoms with Crippen LogP contribution in [0.3, 0.4) is 0 Å². The number of benzene rings is 1. The second-order valence-corrected chi connectivity index (χ2v) is 9.27. The zero-order valence-electron chi connectivity index (χ0n) is 6.65. The van der Waals surface area contributed by atoms with E-state index in [1.54, 1.807) is 0 Å². The Kier molecular flexibility index (Phi) is 3.80. The third kappa shape index (κ3) is 2.57. The van der Waals surface area contributed by atoms with E-state index < -0.39 is 0 Å². The molecule has 0 heterocycles. The standard InChI is InChI=1S/C9H9Br3/c1-2-7-5-3-4-6-8(7)9(10,11)12/h3-6H,2H2,1H3. The molecule has 0 spiro atoms. The van der Waals surface area contributed by atoms with Gasteiger partial charge in [0.1, 0.15) is 0 Å². The van der Waals surface area contributed by atoms with Crippen molar-refractivity contribution in [1.29, 1.82) is 0 Å². The summed E-state index contributed by atoms with van der Waals surface area (Å²) in [5, 5.41) is 0. The minimum absolute atomic E-state index is 0.278. The number of aryl methyl sites for hydroxylation is 1. The fourth-order valence-corrected chi connectivity index (χ4v) is 2.27. The number of hydrogen-bond donors (Lipinski definition) is 0. The van der Waals surface area contributed by atoms with Crippen LogP contribution in [0.5, 0.6) is 0 Å². The summed E-state index contributed by atoms with van der Waals surface area (Å²) < 4.78 is -0.278. The summed E-state index contributed by atoms with van der Waals surface area (Å²) in [6.07, 6.45) is 1.04. The van der Waals surface area contributed by atoms with Crippen LogP contribution in [0.25, 0.3) is 0 Å². The van der Waals surface area contributed by atoms with Crippen molar-refractivity contribution in [3.05, 3.63) is 35.4 Å². The van der Waals surface area contributed by atoms with Gasteiger partial charge in [-0.3, -0.25) is 0 Å². The summed E-state index contributed by atoms with van der Waals surface area (Å²) in [6, 6.07) is 8.32. The molecule has 0 radical (unpaired) electrons. The lowest BCUT2D eigenvalue weighted by Gasteiger charge is -2.16. The summed E-state index contributed by atoms with van der Waals surface area (Å²) in [7, 11) is 0. The molecule has 0 unspecified atom stereocenters. The van der Waals surface area contributed by atoms with Crippen molar-refractivity contribution in [2.24, 2.45) is 0 Å². The molecule has 1 aromatic rings. The average Bonchev–Trinajstić information content (AvgIpc) is 2.03. The quantitative estimate of drug-likeness (QED) is 0.648. The van der Waals surface area contributed by atoms with Gasteiger partial charge in [0.05, 0.1) is 0 Å². The second-order valence-electron chi connectivity index (χ2n) is 2.51. The average molecular weight is 357 g/mol. The highest BCUT2D eigenvalue weighted by Crippen LogP contribution is 2.45. The Labute approximate surface area is 98.1 Å². The predicted octanol–water partition coefficient (Wildman–Crippen LogP) is 4.54. The van der Waals surface area contributed by atoms with Crippen LogP contribution >= 0.6 is 47.8 Å². The third-order valence-electron chi connectivity index (χ3n) is 1.70. The van der Waals surface area contributed by atoms with E-state index in [1.807, 2.05) is 6.07 Å². The normalized spacial score (nSPS) is 11.7. The molecule has 0 N–H and O–H groups in total. The molecular weight excluding hydrogens is 348 g/mol. The summed E-state index contributed by atoms with van der Waals surface area (Å²) in [6.45, 7) is 2.15. The molecule has 0 amide bonds. The minimum atomic E-state index is -0.278. The van der Waals surface area contributed by atoms with Crippen LogP contribution in [0.4, 0.5) is 0 Å². The zero-order chi connectivity index (χ0) is 9.19. The fraction of sp³-hybridized carbons (Fsp3) is 0.333. The van der Waals surface area contributed by atoms with Crippen molar-refractivity contribution in [3.8, 4) is 0 Å². The first-order valence-electron chi connectivity index (χ1n) is 3.70. The van der Waals surface area contributed by atoms with Crippen molar-refractivity contribution >= 4 is 47.8 Å². The lowest BCUT2D eigenvalue weighted by Crippen LogP contribution is -2.02. The predicted molar refractivity (Wildman–Crippen MR) is 64.3 cm³/mol. The van der Waals surface area contributed by atoms with Gasteiger partial charge in [0.25, 0.3) is 0 Å². The van der Waals surface area contributed by atoms with E-state index in [4.69, 9.17) is 0 Å². The van der Waals surface area contributed by atoms with Gasteiger partial charge in [-0.05, 0) is 17.5 Å². The smallest absolute Gasteiger partial charge is 0.0620 e. The molecule has 0 bridgehead atoms. The monoisotopic (exact) mass is 354 g/mol. The van der Waals surface area contributed by atoms with Crippen LogP contribution in [0.1, 0.15) is 18.1 Å². The molecule has 3 heteroatoms. The largest absolute Gasteiger partial charge is 0.160 e. The Bertz CT molecular complexity index is 263. The molecule has 1 rings (SSSR count). The van der Waals surface area contributed by atoms with Gasteiger partial charge in [-0.15, -0.1) is 0 Å². The molecule has 0 aromatic heterocycles. The highest BCUT2D eigenvalue weighted by molar-refractivity contribution is 9.38. The Morgan fingerprint density at radius 3 is 2.17 bits per heavy atom. The highest BCUT2D eigenvalue weighted by atomic mass is 80.0. The molecular formula is C9H9Br3. The van der Waals surface area contributed by atoms with E-state index in [9.17, 15) is 0 Å². The molecule has 0 fully saturated rings. The van der Waals surface area contributed by atoms with E-state index >= 15 is 0 Å². The molecule has 0 aliphatic rings. The number of rotatable bonds is 1. The topological polar surface area (TPSA) is 0 Å². The first-order valence-corrected chi connectivity index (χ1v) is 6.08. The van der Waals surface area contributed by atoms with Gasteiger partial charge >= 0.3 is 0 Å². The molecule has 0 aliphatic heterocycles. The molecule has 0 saturated heterocycles. The molecule has 66 valence electrons. The summed E-state index contributed by atoms with van der Waals surface area (Å²) >= 11 is 10.5. The van der Waals surface area contributed by atoms with Crippen LogP contribution < -0.4 is 0 Å². The second kappa shape index (κ2) is 4.25. The Morgan fingerprint density at radius 2 is 1.75 bits per heavy atom. The van der Waals surface area contributed by atoms with E-state index in [0.717, 1.165) is 6.42 Å². The van der Waals surface area contributed by atoms with Crippen molar-refractivity contribution < 1.29 is 0 Å². The number of alkyl halides is 3. The van der Waals surface area contributed by atoms with E-state index in [2.05, 4.69) is 72.9 Å². The minimum Gasteiger partial charge on any atom is -0.0620 e. The Morgan fingerprint density at radius 1 is 1.17 bits per heavy atom. The number of halogens is 3. The SMILES string of the molecule is CCc1ccccc1C(Br)(Br)Br. The molecule has 0 nitrogen and oxygen atoms in total. The Balaban J connectivity index is 3.14. The van der Waals surface area contributed by atoms with Crippen LogP contribution in [0, 0.1) is 0 Å². The van der Waals surface area contributed by atoms with Gasteiger partial charge in [0.2, 0.25) is 0 Å². The zero-order valence-corrected chi connectivity index (χ0v) is 11.4. The summed E-state index contributed by atoms with van der Waals surface area (Å²) in [5.41, 5.74) is 2.57. The van der Waals surface area contributed by atoms with Gasteiger partial charge < -0.3 is 0 Å². The van der Waals surface area contributed by atoms with E-state index in [-0.39, 0.29) is 2.14 Å². The van der Waals surface area contributed by atoms with E-state index in [0.29, 0.717) is 0 Å². The van der Waals surface area contributed by atoms with Crippen LogP contribution in [-0.2, 0) is 8.56 Å².